The number of alkyl halides is 2. The summed E-state index contributed by atoms with van der Waals surface area (Å²) in [6.45, 7) is 0.845. The maximum Gasteiger partial charge on any atom is 0.286 e. The number of hydrogen-bond donors (Lipinski definition) is 1. The number of rotatable bonds is 7. The van der Waals surface area contributed by atoms with Crippen LogP contribution in [-0.4, -0.2) is 21.0 Å². The number of benzene rings is 1. The predicted octanol–water partition coefficient (Wildman–Crippen LogP) is 5.37. The average molecular weight is 425 g/mol. The van der Waals surface area contributed by atoms with Gasteiger partial charge in [-0.25, -0.2) is 4.98 Å². The number of hydrogen-bond acceptors (Lipinski definition) is 5. The largest absolute Gasteiger partial charge is 0.327 e. The molecule has 4 rings (SSSR count). The van der Waals surface area contributed by atoms with E-state index in [1.54, 1.807) is 23.6 Å². The Bertz CT molecular complexity index is 1140. The second-order valence-electron chi connectivity index (χ2n) is 7.50. The third-order valence-corrected chi connectivity index (χ3v) is 6.09. The van der Waals surface area contributed by atoms with Gasteiger partial charge in [-0.1, -0.05) is 18.2 Å². The molecule has 0 saturated carbocycles. The van der Waals surface area contributed by atoms with E-state index in [-0.39, 0.29) is 11.7 Å². The van der Waals surface area contributed by atoms with Crippen molar-refractivity contribution in [2.24, 2.45) is 5.73 Å². The zero-order valence-electron chi connectivity index (χ0n) is 16.6. The predicted molar refractivity (Wildman–Crippen MR) is 117 cm³/mol. The van der Waals surface area contributed by atoms with E-state index in [9.17, 15) is 8.78 Å². The van der Waals surface area contributed by atoms with Gasteiger partial charge in [-0.2, -0.15) is 8.78 Å². The minimum Gasteiger partial charge on any atom is -0.327 e. The second kappa shape index (κ2) is 8.53. The molecule has 4 nitrogen and oxygen atoms in total. The zero-order chi connectivity index (χ0) is 21.1. The molecule has 0 fully saturated rings. The van der Waals surface area contributed by atoms with Crippen LogP contribution in [-0.2, 0) is 18.8 Å². The number of pyridine rings is 2. The molecule has 7 heteroatoms. The molecular weight excluding hydrogens is 402 g/mol. The molecule has 154 valence electrons. The van der Waals surface area contributed by atoms with Crippen LogP contribution in [0.15, 0.2) is 61.2 Å². The fourth-order valence-electron chi connectivity index (χ4n) is 3.31. The van der Waals surface area contributed by atoms with E-state index in [1.165, 1.54) is 12.3 Å². The van der Waals surface area contributed by atoms with Crippen molar-refractivity contribution in [2.75, 3.05) is 0 Å². The van der Waals surface area contributed by atoms with Crippen LogP contribution in [0.3, 0.4) is 0 Å². The van der Waals surface area contributed by atoms with Gasteiger partial charge in [-0.05, 0) is 47.6 Å². The van der Waals surface area contributed by atoms with Gasteiger partial charge in [0.05, 0.1) is 9.88 Å². The Hall–Kier alpha value is -2.77. The smallest absolute Gasteiger partial charge is 0.286 e. The van der Waals surface area contributed by atoms with Crippen molar-refractivity contribution in [3.05, 3.63) is 77.5 Å². The summed E-state index contributed by atoms with van der Waals surface area (Å²) in [7, 11) is 0. The molecule has 0 spiro atoms. The number of halogens is 2. The molecule has 3 heterocycles. The number of fused-ring (bicyclic) bond motifs is 1. The molecule has 0 aliphatic heterocycles. The third-order valence-electron chi connectivity index (χ3n) is 4.98. The molecule has 4 aromatic rings. The molecule has 1 aromatic carbocycles. The first-order valence-corrected chi connectivity index (χ1v) is 10.6. The lowest BCUT2D eigenvalue weighted by atomic mass is 10.0. The van der Waals surface area contributed by atoms with Gasteiger partial charge in [-0.3, -0.25) is 9.97 Å². The van der Waals surface area contributed by atoms with Gasteiger partial charge in [0.1, 0.15) is 5.69 Å². The molecule has 0 aliphatic rings. The molecule has 1 atom stereocenters. The van der Waals surface area contributed by atoms with Gasteiger partial charge >= 0.3 is 0 Å². The fourth-order valence-corrected chi connectivity index (χ4v) is 4.24. The second-order valence-corrected chi connectivity index (χ2v) is 8.61. The molecular formula is C23H22F2N4S. The van der Waals surface area contributed by atoms with Crippen molar-refractivity contribution < 1.29 is 8.78 Å². The van der Waals surface area contributed by atoms with Crippen molar-refractivity contribution in [3.8, 4) is 10.4 Å². The fraction of sp³-hybridized carbons (Fsp3) is 0.261. The molecule has 0 aliphatic carbocycles. The summed E-state index contributed by atoms with van der Waals surface area (Å²) in [6.07, 6.45) is 9.19. The maximum absolute atomic E-state index is 13.3. The van der Waals surface area contributed by atoms with E-state index in [0.29, 0.717) is 6.42 Å². The van der Waals surface area contributed by atoms with E-state index in [1.807, 2.05) is 18.5 Å². The van der Waals surface area contributed by atoms with Crippen LogP contribution in [0.1, 0.15) is 29.6 Å². The number of nitrogens with two attached hydrogens (primary N) is 1. The van der Waals surface area contributed by atoms with Crippen molar-refractivity contribution in [1.82, 2.24) is 15.0 Å². The number of aromatic nitrogens is 3. The van der Waals surface area contributed by atoms with Gasteiger partial charge in [0.2, 0.25) is 0 Å². The van der Waals surface area contributed by atoms with E-state index in [0.717, 1.165) is 51.5 Å². The summed E-state index contributed by atoms with van der Waals surface area (Å²) in [5, 5.41) is 3.30. The van der Waals surface area contributed by atoms with Crippen LogP contribution < -0.4 is 5.73 Å². The van der Waals surface area contributed by atoms with E-state index >= 15 is 0 Å². The van der Waals surface area contributed by atoms with Crippen molar-refractivity contribution in [1.29, 1.82) is 0 Å². The standard InChI is InChI=1S/C23H22F2N4S/c1-23(24,25)21-6-2-15(12-28-21)10-19(26)5-7-22-29-14-20(30-22)17-3-4-18-13-27-9-8-16(18)11-17/h2-4,6,8-9,11-14,19H,5,7,10,26H2,1H3. The van der Waals surface area contributed by atoms with E-state index in [2.05, 4.69) is 33.2 Å². The maximum atomic E-state index is 13.3. The van der Waals surface area contributed by atoms with E-state index < -0.39 is 5.92 Å². The summed E-state index contributed by atoms with van der Waals surface area (Å²) >= 11 is 1.67. The summed E-state index contributed by atoms with van der Waals surface area (Å²) in [5.74, 6) is -2.93. The van der Waals surface area contributed by atoms with Crippen LogP contribution in [0.25, 0.3) is 21.2 Å². The topological polar surface area (TPSA) is 64.7 Å². The minimum absolute atomic E-state index is 0.0831. The van der Waals surface area contributed by atoms with Gasteiger partial charge in [0.15, 0.2) is 0 Å². The lowest BCUT2D eigenvalue weighted by Gasteiger charge is -2.12. The molecule has 0 bridgehead atoms. The summed E-state index contributed by atoms with van der Waals surface area (Å²) in [4.78, 5) is 13.7. The summed E-state index contributed by atoms with van der Waals surface area (Å²) < 4.78 is 26.5. The molecule has 30 heavy (non-hydrogen) atoms. The Balaban J connectivity index is 1.35. The normalized spacial score (nSPS) is 12.9. The third kappa shape index (κ3) is 4.86. The number of thiazole rings is 1. The number of aryl methyl sites for hydroxylation is 1. The average Bonchev–Trinajstić information content (AvgIpc) is 3.21. The Morgan fingerprint density at radius 1 is 1.03 bits per heavy atom. The SMILES string of the molecule is CC(F)(F)c1ccc(CC(N)CCc2ncc(-c3ccc4cnccc4c3)s2)cn1. The summed E-state index contributed by atoms with van der Waals surface area (Å²) in [6, 6.07) is 11.3. The van der Waals surface area contributed by atoms with Crippen LogP contribution in [0.2, 0.25) is 0 Å². The molecule has 0 saturated heterocycles. The first kappa shape index (κ1) is 20.5. The molecule has 2 N–H and O–H groups in total. The summed E-state index contributed by atoms with van der Waals surface area (Å²) in [5.41, 5.74) is 8.03. The Kier molecular flexibility index (Phi) is 5.83. The lowest BCUT2D eigenvalue weighted by molar-refractivity contribution is 0.0127. The van der Waals surface area contributed by atoms with Crippen LogP contribution in [0, 0.1) is 0 Å². The van der Waals surface area contributed by atoms with Gasteiger partial charge in [0.25, 0.3) is 5.92 Å². The first-order chi connectivity index (χ1) is 14.4. The highest BCUT2D eigenvalue weighted by Gasteiger charge is 2.25. The van der Waals surface area contributed by atoms with Crippen LogP contribution >= 0.6 is 11.3 Å². The van der Waals surface area contributed by atoms with Gasteiger partial charge in [-0.15, -0.1) is 11.3 Å². The van der Waals surface area contributed by atoms with Crippen LogP contribution in [0.5, 0.6) is 0 Å². The highest BCUT2D eigenvalue weighted by atomic mass is 32.1. The van der Waals surface area contributed by atoms with Gasteiger partial charge < -0.3 is 5.73 Å². The number of nitrogens with zero attached hydrogens (tertiary/aromatic N) is 3. The molecule has 0 amide bonds. The Labute approximate surface area is 177 Å². The van der Waals surface area contributed by atoms with Crippen molar-refractivity contribution in [2.45, 2.75) is 38.2 Å². The molecule has 1 unspecified atom stereocenters. The van der Waals surface area contributed by atoms with Crippen LogP contribution in [0.4, 0.5) is 8.78 Å². The highest BCUT2D eigenvalue weighted by molar-refractivity contribution is 7.15. The Morgan fingerprint density at radius 2 is 1.90 bits per heavy atom. The quantitative estimate of drug-likeness (QED) is 0.433. The minimum atomic E-state index is -2.93. The van der Waals surface area contributed by atoms with Crippen molar-refractivity contribution >= 4 is 22.1 Å². The lowest BCUT2D eigenvalue weighted by Crippen LogP contribution is -2.23. The molecule has 0 radical (unpaired) electrons. The monoisotopic (exact) mass is 424 g/mol. The van der Waals surface area contributed by atoms with Crippen molar-refractivity contribution in [3.63, 3.8) is 0 Å². The van der Waals surface area contributed by atoms with E-state index in [4.69, 9.17) is 5.73 Å². The van der Waals surface area contributed by atoms with Gasteiger partial charge in [0, 0.05) is 49.6 Å². The first-order valence-electron chi connectivity index (χ1n) is 9.76. The molecule has 3 aromatic heterocycles. The zero-order valence-corrected chi connectivity index (χ0v) is 17.4. The Morgan fingerprint density at radius 3 is 2.67 bits per heavy atom. The highest BCUT2D eigenvalue weighted by Crippen LogP contribution is 2.29.